The molecule has 0 saturated carbocycles. The van der Waals surface area contributed by atoms with E-state index in [0.717, 1.165) is 23.1 Å². The molecule has 55 heavy (non-hydrogen) atoms. The van der Waals surface area contributed by atoms with Gasteiger partial charge in [-0.15, -0.1) is 0 Å². The number of aryl methyl sites for hydroxylation is 1. The summed E-state index contributed by atoms with van der Waals surface area (Å²) in [6.45, 7) is 13.6. The number of aliphatic hydroxyl groups excluding tert-OH is 2. The number of hydrogen-bond donors (Lipinski definition) is 3. The van der Waals surface area contributed by atoms with Gasteiger partial charge in [0.05, 0.1) is 29.6 Å². The minimum absolute atomic E-state index is 0.0828. The third kappa shape index (κ3) is 9.92. The smallest absolute Gasteiger partial charge is 0.316 e. The Morgan fingerprint density at radius 1 is 1.04 bits per heavy atom. The first kappa shape index (κ1) is 44.7. The first-order valence-electron chi connectivity index (χ1n) is 19.6. The SMILES string of the molecule is CC[C@H]1OC(=O)[C@H](C)C(=O)[C@H](C)[C@@H](O[C@@H]2O[C@H](C)C[C@H](N(C)C)[C@H]2O)[C@](C)(OC)C[C@@H](C)/C(=N\OC/C=C/c2ccc3c(c2)CCC3=O)[C@H](C)[C@@H](O)[C@]1(C)O. The number of esters is 1. The van der Waals surface area contributed by atoms with Gasteiger partial charge in [0, 0.05) is 42.9 Å². The molecule has 3 N–H and O–H groups in total. The highest BCUT2D eigenvalue weighted by Crippen LogP contribution is 2.38. The Hall–Kier alpha value is -3.04. The van der Waals surface area contributed by atoms with Crippen LogP contribution in [0.1, 0.15) is 103 Å². The normalized spacial score (nSPS) is 39.0. The minimum Gasteiger partial charge on any atom is -0.459 e. The quantitative estimate of drug-likeness (QED) is 0.140. The molecule has 1 aromatic carbocycles. The molecule has 4 rings (SSSR count). The number of benzene rings is 1. The van der Waals surface area contributed by atoms with Crippen molar-refractivity contribution in [2.45, 2.75) is 142 Å². The van der Waals surface area contributed by atoms with Gasteiger partial charge in [-0.3, -0.25) is 14.4 Å². The second-order valence-corrected chi connectivity index (χ2v) is 16.5. The molecule has 0 bridgehead atoms. The number of methoxy groups -OCH3 is 1. The summed E-state index contributed by atoms with van der Waals surface area (Å²) in [6, 6.07) is 5.45. The van der Waals surface area contributed by atoms with Crippen molar-refractivity contribution in [3.05, 3.63) is 41.0 Å². The average molecular weight is 773 g/mol. The number of carbonyl (C=O) groups excluding carboxylic acids is 3. The Kier molecular flexibility index (Phi) is 15.0. The lowest BCUT2D eigenvalue weighted by atomic mass is 9.74. The zero-order chi connectivity index (χ0) is 41.0. The second kappa shape index (κ2) is 18.5. The number of nitrogens with zero attached hydrogens (tertiary/aromatic N) is 2. The Bertz CT molecular complexity index is 1580. The Labute approximate surface area is 326 Å². The van der Waals surface area contributed by atoms with Crippen LogP contribution in [0.4, 0.5) is 0 Å². The molecular weight excluding hydrogens is 708 g/mol. The Morgan fingerprint density at radius 3 is 2.36 bits per heavy atom. The van der Waals surface area contributed by atoms with Gasteiger partial charge in [-0.1, -0.05) is 57.1 Å². The van der Waals surface area contributed by atoms with Crippen LogP contribution < -0.4 is 0 Å². The van der Waals surface area contributed by atoms with Crippen molar-refractivity contribution in [2.75, 3.05) is 27.8 Å². The van der Waals surface area contributed by atoms with E-state index in [-0.39, 0.29) is 37.4 Å². The van der Waals surface area contributed by atoms with E-state index >= 15 is 0 Å². The van der Waals surface area contributed by atoms with E-state index < -0.39 is 77.3 Å². The summed E-state index contributed by atoms with van der Waals surface area (Å²) < 4.78 is 24.8. The van der Waals surface area contributed by atoms with E-state index in [1.807, 2.05) is 57.1 Å². The topological polar surface area (TPSA) is 174 Å². The number of rotatable bonds is 9. The van der Waals surface area contributed by atoms with Gasteiger partial charge in [0.15, 0.2) is 17.9 Å². The molecule has 1 aliphatic carbocycles. The first-order valence-corrected chi connectivity index (χ1v) is 19.6. The lowest BCUT2D eigenvalue weighted by Crippen LogP contribution is -2.60. The molecule has 2 fully saturated rings. The van der Waals surface area contributed by atoms with Gasteiger partial charge < -0.3 is 44.0 Å². The van der Waals surface area contributed by atoms with E-state index in [1.165, 1.54) is 21.0 Å². The first-order chi connectivity index (χ1) is 25.8. The van der Waals surface area contributed by atoms with Crippen LogP contribution in [0.25, 0.3) is 6.08 Å². The maximum absolute atomic E-state index is 14.2. The second-order valence-electron chi connectivity index (χ2n) is 16.5. The molecule has 2 saturated heterocycles. The van der Waals surface area contributed by atoms with Crippen LogP contribution in [0.5, 0.6) is 0 Å². The molecule has 308 valence electrons. The third-order valence-electron chi connectivity index (χ3n) is 12.0. The largest absolute Gasteiger partial charge is 0.459 e. The molecule has 0 amide bonds. The molecule has 0 unspecified atom stereocenters. The van der Waals surface area contributed by atoms with Gasteiger partial charge >= 0.3 is 5.97 Å². The van der Waals surface area contributed by atoms with E-state index in [4.69, 9.17) is 23.8 Å². The fraction of sp³-hybridized carbons (Fsp3) is 0.714. The van der Waals surface area contributed by atoms with Crippen molar-refractivity contribution in [3.63, 3.8) is 0 Å². The maximum atomic E-state index is 14.2. The van der Waals surface area contributed by atoms with Crippen LogP contribution in [0.15, 0.2) is 29.4 Å². The molecule has 0 spiro atoms. The highest BCUT2D eigenvalue weighted by atomic mass is 16.7. The van der Waals surface area contributed by atoms with Crippen LogP contribution in [0.3, 0.4) is 0 Å². The van der Waals surface area contributed by atoms with E-state index in [9.17, 15) is 29.7 Å². The summed E-state index contributed by atoms with van der Waals surface area (Å²) in [6.07, 6.45) is -0.216. The summed E-state index contributed by atoms with van der Waals surface area (Å²) in [5.41, 5.74) is -0.0475. The van der Waals surface area contributed by atoms with Crippen molar-refractivity contribution in [1.82, 2.24) is 4.90 Å². The number of hydrogen-bond acceptors (Lipinski definition) is 13. The molecule has 13 nitrogen and oxygen atoms in total. The molecule has 13 heteroatoms. The summed E-state index contributed by atoms with van der Waals surface area (Å²) >= 11 is 0. The number of aliphatic hydroxyl groups is 3. The molecule has 1 aromatic rings. The third-order valence-corrected chi connectivity index (χ3v) is 12.0. The van der Waals surface area contributed by atoms with Gasteiger partial charge in [-0.25, -0.2) is 0 Å². The lowest BCUT2D eigenvalue weighted by molar-refractivity contribution is -0.295. The van der Waals surface area contributed by atoms with Gasteiger partial charge in [-0.2, -0.15) is 0 Å². The van der Waals surface area contributed by atoms with E-state index in [2.05, 4.69) is 5.16 Å². The van der Waals surface area contributed by atoms with Crippen LogP contribution in [-0.2, 0) is 39.8 Å². The number of ketones is 2. The predicted molar refractivity (Wildman–Crippen MR) is 207 cm³/mol. The van der Waals surface area contributed by atoms with Crippen molar-refractivity contribution in [3.8, 4) is 0 Å². The highest BCUT2D eigenvalue weighted by Gasteiger charge is 2.51. The summed E-state index contributed by atoms with van der Waals surface area (Å²) in [5.74, 6) is -4.64. The maximum Gasteiger partial charge on any atom is 0.316 e. The fourth-order valence-electron chi connectivity index (χ4n) is 8.53. The molecule has 2 heterocycles. The number of likely N-dealkylation sites (N-methyl/N-ethyl adjacent to an activating group) is 1. The predicted octanol–water partition coefficient (Wildman–Crippen LogP) is 4.37. The molecule has 13 atom stereocenters. The van der Waals surface area contributed by atoms with E-state index in [0.29, 0.717) is 18.6 Å². The molecule has 2 aliphatic heterocycles. The number of fused-ring (bicyclic) bond motifs is 1. The number of oxime groups is 1. The Balaban J connectivity index is 1.72. The Morgan fingerprint density at radius 2 is 1.73 bits per heavy atom. The van der Waals surface area contributed by atoms with Crippen LogP contribution in [-0.4, -0.2) is 125 Å². The van der Waals surface area contributed by atoms with Gasteiger partial charge in [0.25, 0.3) is 0 Å². The van der Waals surface area contributed by atoms with Crippen LogP contribution >= 0.6 is 0 Å². The zero-order valence-electron chi connectivity index (χ0n) is 34.5. The standard InChI is InChI=1S/C42H64N2O11/c1-12-33-42(8,50)37(48)25(4)34(43-52-19-13-14-28-15-17-30-29(21-28)16-18-32(30)45)23(2)22-41(7,51-11)38(26(5)35(46)27(6)39(49)54-33)55-40-36(47)31(44(9)10)20-24(3)53-40/h13-15,17,21,23-27,31,33,36-38,40,47-48,50H,12,16,18-20,22H2,1-11H3/b14-13+,43-34+/t23-,24-,25+,26+,27-,31+,33-,36-,37-,38-,40+,41-,42-/m1/s1. The van der Waals surface area contributed by atoms with Gasteiger partial charge in [-0.05, 0) is 84.7 Å². The summed E-state index contributed by atoms with van der Waals surface area (Å²) in [7, 11) is 5.25. The van der Waals surface area contributed by atoms with Crippen molar-refractivity contribution in [2.24, 2.45) is 28.8 Å². The van der Waals surface area contributed by atoms with Crippen molar-refractivity contribution >= 4 is 29.3 Å². The van der Waals surface area contributed by atoms with Gasteiger partial charge in [0.2, 0.25) is 0 Å². The van der Waals surface area contributed by atoms with Crippen LogP contribution in [0, 0.1) is 23.7 Å². The lowest BCUT2D eigenvalue weighted by Gasteiger charge is -2.47. The number of cyclic esters (lactones) is 1. The minimum atomic E-state index is -1.93. The van der Waals surface area contributed by atoms with Gasteiger partial charge in [0.1, 0.15) is 30.3 Å². The monoisotopic (exact) mass is 772 g/mol. The van der Waals surface area contributed by atoms with Crippen molar-refractivity contribution in [1.29, 1.82) is 0 Å². The summed E-state index contributed by atoms with van der Waals surface area (Å²) in [5, 5.41) is 39.6. The summed E-state index contributed by atoms with van der Waals surface area (Å²) in [4.78, 5) is 47.6. The fourth-order valence-corrected chi connectivity index (χ4v) is 8.53. The zero-order valence-corrected chi connectivity index (χ0v) is 34.5. The van der Waals surface area contributed by atoms with Crippen molar-refractivity contribution < 1.29 is 53.5 Å². The molecule has 0 aromatic heterocycles. The number of carbonyl (C=O) groups is 3. The van der Waals surface area contributed by atoms with Crippen LogP contribution in [0.2, 0.25) is 0 Å². The molecule has 0 radical (unpaired) electrons. The highest BCUT2D eigenvalue weighted by molar-refractivity contribution is 6.01. The molecule has 3 aliphatic rings. The molecular formula is C42H64N2O11. The van der Waals surface area contributed by atoms with E-state index in [1.54, 1.807) is 33.8 Å². The number of ether oxygens (including phenoxy) is 4. The average Bonchev–Trinajstić information content (AvgIpc) is 3.52. The number of Topliss-reactive ketones (excluding diaryl/α,β-unsaturated/α-hetero) is 2.